The van der Waals surface area contributed by atoms with Gasteiger partial charge in [0.25, 0.3) is 0 Å². The number of carboxylic acids is 1. The van der Waals surface area contributed by atoms with Crippen molar-refractivity contribution in [1.82, 2.24) is 0 Å². The fourth-order valence-electron chi connectivity index (χ4n) is 0.102. The van der Waals surface area contributed by atoms with E-state index in [4.69, 9.17) is 14.7 Å². The molecule has 1 N–H and O–H groups in total. The smallest absolute Gasteiger partial charge is 0.368 e. The van der Waals surface area contributed by atoms with E-state index < -0.39 is 5.97 Å². The molecule has 0 bridgehead atoms. The van der Waals surface area contributed by atoms with Crippen LogP contribution in [0.2, 0.25) is 0 Å². The van der Waals surface area contributed by atoms with E-state index in [1.54, 1.807) is 5.57 Å². The molecule has 0 saturated heterocycles. The van der Waals surface area contributed by atoms with Crippen LogP contribution in [0.5, 0.6) is 0 Å². The number of aldehydes is 1. The van der Waals surface area contributed by atoms with E-state index in [1.165, 1.54) is 6.42 Å². The summed E-state index contributed by atoms with van der Waals surface area (Å²) in [5, 5.41) is 7.35. The Labute approximate surface area is 53.0 Å². The largest absolute Gasteiger partial charge is 0.476 e. The summed E-state index contributed by atoms with van der Waals surface area (Å²) in [6, 6.07) is 0. The van der Waals surface area contributed by atoms with Gasteiger partial charge in [-0.25, -0.2) is 4.79 Å². The zero-order valence-corrected chi connectivity index (χ0v) is 5.13. The number of carbonyl (C=O) groups excluding carboxylic acids is 1. The maximum Gasteiger partial charge on any atom is 0.368 e. The molecule has 0 saturated carbocycles. The molecule has 0 atom stereocenters. The first-order valence-electron chi connectivity index (χ1n) is 2.50. The van der Waals surface area contributed by atoms with E-state index in [1.807, 2.05) is 0 Å². The maximum absolute atomic E-state index is 9.00. The minimum atomic E-state index is -1.43. The van der Waals surface area contributed by atoms with Gasteiger partial charge in [0.2, 0.25) is 6.29 Å². The number of aliphatic carboxylic acids is 1. The average Bonchev–Trinajstić information content (AvgIpc) is 2.53. The van der Waals surface area contributed by atoms with Crippen LogP contribution in [-0.4, -0.2) is 17.4 Å². The van der Waals surface area contributed by atoms with E-state index in [-0.39, 0.29) is 6.29 Å². The predicted octanol–water partition coefficient (Wildman–Crippen LogP) is 0.606. The quantitative estimate of drug-likeness (QED) is 0.319. The summed E-state index contributed by atoms with van der Waals surface area (Å²) in [5.41, 5.74) is 1.54. The molecule has 0 radical (unpaired) electrons. The Hall–Kier alpha value is -1.12. The van der Waals surface area contributed by atoms with E-state index in [2.05, 4.69) is 13.0 Å². The van der Waals surface area contributed by atoms with Crippen LogP contribution in [0.4, 0.5) is 0 Å². The summed E-state index contributed by atoms with van der Waals surface area (Å²) in [6.45, 7) is 2.14. The lowest BCUT2D eigenvalue weighted by atomic mass is 10.6. The monoisotopic (exact) mass is 128 g/mol. The van der Waals surface area contributed by atoms with Crippen LogP contribution in [0.3, 0.4) is 0 Å². The highest BCUT2D eigenvalue weighted by Gasteiger charge is 1.94. The number of carbonyl (C=O) groups is 2. The maximum atomic E-state index is 9.00. The van der Waals surface area contributed by atoms with Crippen LogP contribution in [0.25, 0.3) is 0 Å². The molecule has 50 valence electrons. The molecular weight excluding hydrogens is 120 g/mol. The number of hydrogen-bond acceptors (Lipinski definition) is 2. The van der Waals surface area contributed by atoms with Crippen LogP contribution >= 0.6 is 0 Å². The van der Waals surface area contributed by atoms with Gasteiger partial charge in [-0.15, -0.1) is 0 Å². The average molecular weight is 128 g/mol. The van der Waals surface area contributed by atoms with Gasteiger partial charge in [0.15, 0.2) is 0 Å². The number of carboxylic acid groups (broad SMARTS) is 1. The molecular formula is C6H8O3. The lowest BCUT2D eigenvalue weighted by molar-refractivity contribution is -0.143. The molecule has 1 aliphatic rings. The minimum Gasteiger partial charge on any atom is -0.476 e. The van der Waals surface area contributed by atoms with Crippen LogP contribution in [0.1, 0.15) is 13.3 Å². The molecule has 0 amide bonds. The Morgan fingerprint density at radius 1 is 1.89 bits per heavy atom. The second-order valence-electron chi connectivity index (χ2n) is 1.71. The second kappa shape index (κ2) is 3.83. The standard InChI is InChI=1S/C4H6.C2H2O3/c1-4-2-3-4;3-1-2(4)5/h2H,3H2,1H3;1H,(H,4,5). The second-order valence-corrected chi connectivity index (χ2v) is 1.71. The van der Waals surface area contributed by atoms with Crippen molar-refractivity contribution >= 4 is 12.3 Å². The normalized spacial score (nSPS) is 12.3. The Bertz CT molecular complexity index is 146. The Morgan fingerprint density at radius 2 is 2.11 bits per heavy atom. The molecule has 0 aromatic heterocycles. The van der Waals surface area contributed by atoms with Gasteiger partial charge in [0.05, 0.1) is 0 Å². The fraction of sp³-hybridized carbons (Fsp3) is 0.333. The number of allylic oxidation sites excluding steroid dienone is 2. The molecule has 0 fully saturated rings. The molecule has 0 aromatic rings. The summed E-state index contributed by atoms with van der Waals surface area (Å²) in [7, 11) is 0. The topological polar surface area (TPSA) is 54.4 Å². The van der Waals surface area contributed by atoms with E-state index in [9.17, 15) is 0 Å². The van der Waals surface area contributed by atoms with Gasteiger partial charge < -0.3 is 5.11 Å². The molecule has 3 heteroatoms. The minimum absolute atomic E-state index is 0.167. The molecule has 0 spiro atoms. The van der Waals surface area contributed by atoms with Gasteiger partial charge in [-0.1, -0.05) is 11.6 Å². The molecule has 0 aromatic carbocycles. The van der Waals surface area contributed by atoms with Crippen LogP contribution in [0, 0.1) is 0 Å². The van der Waals surface area contributed by atoms with Gasteiger partial charge in [-0.3, -0.25) is 4.79 Å². The van der Waals surface area contributed by atoms with E-state index in [0.29, 0.717) is 0 Å². The SMILES string of the molecule is CC1=CC1.O=CC(=O)O. The first-order valence-corrected chi connectivity index (χ1v) is 2.50. The van der Waals surface area contributed by atoms with Crippen LogP contribution in [0.15, 0.2) is 11.6 Å². The van der Waals surface area contributed by atoms with Gasteiger partial charge in [0, 0.05) is 0 Å². The van der Waals surface area contributed by atoms with Crippen molar-refractivity contribution in [2.24, 2.45) is 0 Å². The van der Waals surface area contributed by atoms with Crippen molar-refractivity contribution in [3.8, 4) is 0 Å². The zero-order chi connectivity index (χ0) is 7.28. The van der Waals surface area contributed by atoms with E-state index >= 15 is 0 Å². The number of rotatable bonds is 1. The Morgan fingerprint density at radius 3 is 2.11 bits per heavy atom. The van der Waals surface area contributed by atoms with E-state index in [0.717, 1.165) is 0 Å². The summed E-state index contributed by atoms with van der Waals surface area (Å²) in [5.74, 6) is -1.43. The van der Waals surface area contributed by atoms with Crippen molar-refractivity contribution in [3.63, 3.8) is 0 Å². The van der Waals surface area contributed by atoms with Crippen molar-refractivity contribution in [2.45, 2.75) is 13.3 Å². The molecule has 1 rings (SSSR count). The summed E-state index contributed by atoms with van der Waals surface area (Å²) in [4.78, 5) is 17.9. The van der Waals surface area contributed by atoms with Gasteiger partial charge >= 0.3 is 5.97 Å². The van der Waals surface area contributed by atoms with Crippen molar-refractivity contribution < 1.29 is 14.7 Å². The lowest BCUT2D eigenvalue weighted by Crippen LogP contribution is -1.91. The highest BCUT2D eigenvalue weighted by atomic mass is 16.4. The van der Waals surface area contributed by atoms with Gasteiger partial charge in [-0.05, 0) is 13.3 Å². The third-order valence-electron chi connectivity index (χ3n) is 0.713. The van der Waals surface area contributed by atoms with Crippen LogP contribution in [-0.2, 0) is 9.59 Å². The fourth-order valence-corrected chi connectivity index (χ4v) is 0.102. The first kappa shape index (κ1) is 7.88. The predicted molar refractivity (Wildman–Crippen MR) is 32.1 cm³/mol. The Balaban J connectivity index is 0.000000144. The summed E-state index contributed by atoms with van der Waals surface area (Å²) < 4.78 is 0. The molecule has 1 aliphatic carbocycles. The summed E-state index contributed by atoms with van der Waals surface area (Å²) >= 11 is 0. The molecule has 0 aliphatic heterocycles. The third kappa shape index (κ3) is 10.9. The molecule has 9 heavy (non-hydrogen) atoms. The molecule has 0 unspecified atom stereocenters. The van der Waals surface area contributed by atoms with Crippen molar-refractivity contribution in [2.75, 3.05) is 0 Å². The number of hydrogen-bond donors (Lipinski definition) is 1. The van der Waals surface area contributed by atoms with Crippen LogP contribution < -0.4 is 0 Å². The molecule has 0 heterocycles. The van der Waals surface area contributed by atoms with Crippen molar-refractivity contribution in [3.05, 3.63) is 11.6 Å². The lowest BCUT2D eigenvalue weighted by Gasteiger charge is -1.59. The van der Waals surface area contributed by atoms with Crippen molar-refractivity contribution in [1.29, 1.82) is 0 Å². The van der Waals surface area contributed by atoms with Gasteiger partial charge in [-0.2, -0.15) is 0 Å². The van der Waals surface area contributed by atoms with Gasteiger partial charge in [0.1, 0.15) is 0 Å². The summed E-state index contributed by atoms with van der Waals surface area (Å²) in [6.07, 6.45) is 3.32. The highest BCUT2D eigenvalue weighted by molar-refractivity contribution is 6.19. The first-order chi connectivity index (χ1) is 4.16. The zero-order valence-electron chi connectivity index (χ0n) is 5.13. The Kier molecular flexibility index (Phi) is 3.35. The third-order valence-corrected chi connectivity index (χ3v) is 0.713. The highest BCUT2D eigenvalue weighted by Crippen LogP contribution is 2.14. The molecule has 3 nitrogen and oxygen atoms in total.